The fourth-order valence-electron chi connectivity index (χ4n) is 0.0454. The number of aldehydes is 1. The van der Waals surface area contributed by atoms with Gasteiger partial charge in [0.2, 0.25) is 0 Å². The molecule has 0 aliphatic carbocycles. The minimum atomic E-state index is 0. The Balaban J connectivity index is 0. The Labute approximate surface area is 45.4 Å². The van der Waals surface area contributed by atoms with Gasteiger partial charge in [0, 0.05) is 0 Å². The van der Waals surface area contributed by atoms with E-state index < -0.39 is 0 Å². The summed E-state index contributed by atoms with van der Waals surface area (Å²) in [5, 5.41) is 0. The van der Waals surface area contributed by atoms with Crippen LogP contribution in [0.4, 0.5) is 0 Å². The first-order valence-corrected chi connectivity index (χ1v) is 1.90. The van der Waals surface area contributed by atoms with Gasteiger partial charge in [-0.1, -0.05) is 5.82 Å². The average Bonchev–Trinajstić information content (AvgIpc) is 1.41. The molecule has 0 bridgehead atoms. The van der Waals surface area contributed by atoms with E-state index in [0.29, 0.717) is 0 Å². The number of halogens is 1. The van der Waals surface area contributed by atoms with Gasteiger partial charge in [-0.05, 0) is 6.08 Å². The van der Waals surface area contributed by atoms with Crippen LogP contribution in [0.15, 0.2) is 11.9 Å². The molecule has 0 fully saturated rings. The lowest BCUT2D eigenvalue weighted by Gasteiger charge is -1.51. The van der Waals surface area contributed by atoms with Crippen molar-refractivity contribution in [3.63, 3.8) is 0 Å². The van der Waals surface area contributed by atoms with Crippen LogP contribution in [0, 0.1) is 0 Å². The standard InChI is InChI=1S/C3H5OP.ClH/c4-2-1-3-5;/h1-3H,5H2;1H. The Bertz CT molecular complexity index is 52.8. The maximum Gasteiger partial charge on any atom is 0.142 e. The van der Waals surface area contributed by atoms with Crippen molar-refractivity contribution in [3.8, 4) is 0 Å². The zero-order valence-electron chi connectivity index (χ0n) is 3.13. The van der Waals surface area contributed by atoms with E-state index in [9.17, 15) is 4.79 Å². The topological polar surface area (TPSA) is 17.1 Å². The van der Waals surface area contributed by atoms with Gasteiger partial charge in [0.1, 0.15) is 6.29 Å². The minimum Gasteiger partial charge on any atom is -0.299 e. The molecule has 0 aliphatic rings. The lowest BCUT2D eigenvalue weighted by atomic mass is 10.7. The van der Waals surface area contributed by atoms with Gasteiger partial charge in [0.15, 0.2) is 0 Å². The molecule has 0 aromatic carbocycles. The lowest BCUT2D eigenvalue weighted by molar-refractivity contribution is -0.104. The number of rotatable bonds is 1. The molecule has 0 aromatic rings. The van der Waals surface area contributed by atoms with Crippen molar-refractivity contribution in [2.45, 2.75) is 0 Å². The average molecular weight is 125 g/mol. The van der Waals surface area contributed by atoms with E-state index in [2.05, 4.69) is 9.24 Å². The Kier molecular flexibility index (Phi) is 14.1. The van der Waals surface area contributed by atoms with Crippen LogP contribution >= 0.6 is 21.6 Å². The molecule has 0 saturated carbocycles. The zero-order chi connectivity index (χ0) is 4.12. The van der Waals surface area contributed by atoms with Crippen molar-refractivity contribution in [3.05, 3.63) is 11.9 Å². The third-order valence-electron chi connectivity index (χ3n) is 0.190. The quantitative estimate of drug-likeness (QED) is 0.290. The molecular formula is C3H6ClOP. The number of hydrogen-bond acceptors (Lipinski definition) is 1. The first-order valence-electron chi connectivity index (χ1n) is 1.24. The second-order valence-corrected chi connectivity index (χ2v) is 0.906. The van der Waals surface area contributed by atoms with E-state index in [1.165, 1.54) is 6.08 Å². The van der Waals surface area contributed by atoms with Crippen molar-refractivity contribution >= 4 is 27.9 Å². The third-order valence-corrected chi connectivity index (χ3v) is 0.412. The third kappa shape index (κ3) is 8.92. The predicted molar refractivity (Wildman–Crippen MR) is 32.2 cm³/mol. The van der Waals surface area contributed by atoms with Crippen molar-refractivity contribution in [1.82, 2.24) is 0 Å². The molecule has 6 heavy (non-hydrogen) atoms. The largest absolute Gasteiger partial charge is 0.299 e. The van der Waals surface area contributed by atoms with Gasteiger partial charge >= 0.3 is 0 Å². The van der Waals surface area contributed by atoms with Gasteiger partial charge in [-0.3, -0.25) is 4.79 Å². The molecule has 1 nitrogen and oxygen atoms in total. The zero-order valence-corrected chi connectivity index (χ0v) is 5.10. The minimum absolute atomic E-state index is 0. The van der Waals surface area contributed by atoms with Crippen molar-refractivity contribution < 1.29 is 4.79 Å². The molecule has 1 unspecified atom stereocenters. The maximum atomic E-state index is 9.30. The molecule has 0 heterocycles. The summed E-state index contributed by atoms with van der Waals surface area (Å²) in [6.07, 6.45) is 2.14. The van der Waals surface area contributed by atoms with Crippen LogP contribution in [0.5, 0.6) is 0 Å². The smallest absolute Gasteiger partial charge is 0.142 e. The summed E-state index contributed by atoms with van der Waals surface area (Å²) in [7, 11) is 2.29. The summed E-state index contributed by atoms with van der Waals surface area (Å²) in [6.45, 7) is 0. The van der Waals surface area contributed by atoms with Gasteiger partial charge in [0.25, 0.3) is 0 Å². The molecule has 3 heteroatoms. The summed E-state index contributed by atoms with van der Waals surface area (Å²) in [6, 6.07) is 0. The number of allylic oxidation sites excluding steroid dienone is 1. The van der Waals surface area contributed by atoms with Crippen LogP contribution in [-0.4, -0.2) is 6.29 Å². The summed E-state index contributed by atoms with van der Waals surface area (Å²) in [5.41, 5.74) is 0. The van der Waals surface area contributed by atoms with Gasteiger partial charge in [-0.15, -0.1) is 21.6 Å². The molecule has 1 atom stereocenters. The molecule has 0 spiro atoms. The van der Waals surface area contributed by atoms with E-state index in [1.807, 2.05) is 0 Å². The molecular weight excluding hydrogens is 118 g/mol. The summed E-state index contributed by atoms with van der Waals surface area (Å²) >= 11 is 0. The van der Waals surface area contributed by atoms with E-state index in [4.69, 9.17) is 0 Å². The van der Waals surface area contributed by atoms with Crippen molar-refractivity contribution in [2.24, 2.45) is 0 Å². The van der Waals surface area contributed by atoms with E-state index in [1.54, 1.807) is 5.82 Å². The van der Waals surface area contributed by atoms with Crippen LogP contribution in [0.25, 0.3) is 0 Å². The molecule has 0 amide bonds. The molecule has 0 aromatic heterocycles. The Morgan fingerprint density at radius 1 is 1.50 bits per heavy atom. The highest BCUT2D eigenvalue weighted by Crippen LogP contribution is 1.76. The SMILES string of the molecule is Cl.O=CC=CP. The highest BCUT2D eigenvalue weighted by atomic mass is 35.5. The van der Waals surface area contributed by atoms with Crippen LogP contribution < -0.4 is 0 Å². The Morgan fingerprint density at radius 2 is 2.00 bits per heavy atom. The predicted octanol–water partition coefficient (Wildman–Crippen LogP) is 0.996. The number of carbonyl (C=O) groups excluding carboxylic acids is 1. The second kappa shape index (κ2) is 8.93. The first kappa shape index (κ1) is 9.46. The van der Waals surface area contributed by atoms with Crippen LogP contribution in [0.1, 0.15) is 0 Å². The maximum absolute atomic E-state index is 9.30. The fraction of sp³-hybridized carbons (Fsp3) is 0. The Morgan fingerprint density at radius 3 is 2.00 bits per heavy atom. The van der Waals surface area contributed by atoms with Gasteiger partial charge < -0.3 is 0 Å². The number of carbonyl (C=O) groups is 1. The van der Waals surface area contributed by atoms with Gasteiger partial charge in [-0.2, -0.15) is 0 Å². The Hall–Kier alpha value is 0.130. The highest BCUT2D eigenvalue weighted by molar-refractivity contribution is 7.20. The first-order chi connectivity index (χ1) is 2.41. The number of hydrogen-bond donors (Lipinski definition) is 0. The second-order valence-electron chi connectivity index (χ2n) is 0.521. The molecule has 0 N–H and O–H groups in total. The molecule has 0 radical (unpaired) electrons. The molecule has 0 rings (SSSR count). The summed E-state index contributed by atoms with van der Waals surface area (Å²) in [4.78, 5) is 9.30. The normalized spacial score (nSPS) is 7.50. The molecule has 0 saturated heterocycles. The fourth-order valence-corrected chi connectivity index (χ4v) is 0.136. The van der Waals surface area contributed by atoms with Crippen LogP contribution in [0.3, 0.4) is 0 Å². The highest BCUT2D eigenvalue weighted by Gasteiger charge is 1.48. The van der Waals surface area contributed by atoms with E-state index in [0.717, 1.165) is 6.29 Å². The van der Waals surface area contributed by atoms with Gasteiger partial charge in [0.05, 0.1) is 0 Å². The lowest BCUT2D eigenvalue weighted by Crippen LogP contribution is -1.48. The summed E-state index contributed by atoms with van der Waals surface area (Å²) in [5.74, 6) is 1.60. The molecule has 36 valence electrons. The monoisotopic (exact) mass is 124 g/mol. The summed E-state index contributed by atoms with van der Waals surface area (Å²) < 4.78 is 0. The van der Waals surface area contributed by atoms with Crippen LogP contribution in [-0.2, 0) is 4.79 Å². The van der Waals surface area contributed by atoms with Crippen LogP contribution in [0.2, 0.25) is 0 Å². The van der Waals surface area contributed by atoms with Crippen molar-refractivity contribution in [1.29, 1.82) is 0 Å². The van der Waals surface area contributed by atoms with E-state index >= 15 is 0 Å². The van der Waals surface area contributed by atoms with Gasteiger partial charge in [-0.25, -0.2) is 0 Å². The van der Waals surface area contributed by atoms with E-state index in [-0.39, 0.29) is 12.4 Å². The molecule has 0 aliphatic heterocycles. The van der Waals surface area contributed by atoms with Crippen molar-refractivity contribution in [2.75, 3.05) is 0 Å².